The van der Waals surface area contributed by atoms with Gasteiger partial charge in [-0.25, -0.2) is 9.97 Å². The number of aromatic nitrogens is 2. The van der Waals surface area contributed by atoms with Crippen molar-refractivity contribution >= 4 is 37.7 Å². The van der Waals surface area contributed by atoms with Gasteiger partial charge in [0.2, 0.25) is 0 Å². The van der Waals surface area contributed by atoms with Crippen molar-refractivity contribution in [3.05, 3.63) is 27.0 Å². The summed E-state index contributed by atoms with van der Waals surface area (Å²) in [6.07, 6.45) is 0.885. The fraction of sp³-hybridized carbons (Fsp3) is 0.429. The molecule has 0 aromatic carbocycles. The number of nitrogens with zero attached hydrogens (tertiary/aromatic N) is 2. The van der Waals surface area contributed by atoms with E-state index in [-0.39, 0.29) is 0 Å². The number of halogens is 2. The van der Waals surface area contributed by atoms with Crippen molar-refractivity contribution in [2.45, 2.75) is 27.2 Å². The van der Waals surface area contributed by atoms with Crippen LogP contribution in [0.3, 0.4) is 0 Å². The Bertz CT molecular complexity index is 596. The first-order valence-corrected chi connectivity index (χ1v) is 8.15. The van der Waals surface area contributed by atoms with Crippen molar-refractivity contribution in [2.75, 3.05) is 11.9 Å². The highest BCUT2D eigenvalue weighted by atomic mass is 79.9. The first-order valence-electron chi connectivity index (χ1n) is 6.57. The Balaban J connectivity index is 2.49. The Morgan fingerprint density at radius 3 is 2.55 bits per heavy atom. The van der Waals surface area contributed by atoms with Gasteiger partial charge in [-0.3, -0.25) is 0 Å². The van der Waals surface area contributed by atoms with Crippen LogP contribution in [0.5, 0.6) is 0 Å². The van der Waals surface area contributed by atoms with Gasteiger partial charge in [0.1, 0.15) is 5.82 Å². The van der Waals surface area contributed by atoms with Gasteiger partial charge < -0.3 is 9.73 Å². The molecule has 0 atom stereocenters. The quantitative estimate of drug-likeness (QED) is 0.773. The maximum absolute atomic E-state index is 5.55. The van der Waals surface area contributed by atoms with Crippen LogP contribution < -0.4 is 5.32 Å². The third-order valence-electron chi connectivity index (χ3n) is 2.66. The second kappa shape index (κ2) is 6.72. The molecule has 108 valence electrons. The Labute approximate surface area is 135 Å². The van der Waals surface area contributed by atoms with E-state index in [1.165, 1.54) is 0 Å². The number of rotatable bonds is 5. The minimum atomic E-state index is 0.520. The van der Waals surface area contributed by atoms with Gasteiger partial charge in [0, 0.05) is 6.54 Å². The second-order valence-corrected chi connectivity index (χ2v) is 6.46. The average Bonchev–Trinajstić information content (AvgIpc) is 2.80. The molecular formula is C14H17Br2N3O. The van der Waals surface area contributed by atoms with E-state index < -0.39 is 0 Å². The molecule has 2 aromatic heterocycles. The number of furan rings is 1. The highest BCUT2D eigenvalue weighted by Gasteiger charge is 2.16. The predicted molar refractivity (Wildman–Crippen MR) is 87.8 cm³/mol. The van der Waals surface area contributed by atoms with Crippen LogP contribution in [0.1, 0.15) is 26.5 Å². The summed E-state index contributed by atoms with van der Waals surface area (Å²) in [5.41, 5.74) is 0.994. The molecule has 1 N–H and O–H groups in total. The zero-order valence-electron chi connectivity index (χ0n) is 11.7. The van der Waals surface area contributed by atoms with Gasteiger partial charge in [-0.2, -0.15) is 0 Å². The Morgan fingerprint density at radius 2 is 2.00 bits per heavy atom. The average molecular weight is 403 g/mol. The van der Waals surface area contributed by atoms with Gasteiger partial charge >= 0.3 is 0 Å². The largest absolute Gasteiger partial charge is 0.446 e. The van der Waals surface area contributed by atoms with Crippen LogP contribution in [0.25, 0.3) is 11.6 Å². The van der Waals surface area contributed by atoms with Crippen molar-refractivity contribution in [3.63, 3.8) is 0 Å². The third-order valence-corrected chi connectivity index (χ3v) is 3.92. The Hall–Kier alpha value is -0.880. The molecule has 0 radical (unpaired) electrons. The van der Waals surface area contributed by atoms with Crippen LogP contribution in [0, 0.1) is 5.92 Å². The van der Waals surface area contributed by atoms with Gasteiger partial charge in [-0.05, 0) is 63.3 Å². The van der Waals surface area contributed by atoms with Crippen molar-refractivity contribution in [1.82, 2.24) is 9.97 Å². The molecule has 0 unspecified atom stereocenters. The lowest BCUT2D eigenvalue weighted by Crippen LogP contribution is -2.07. The summed E-state index contributed by atoms with van der Waals surface area (Å²) < 4.78 is 7.16. The van der Waals surface area contributed by atoms with Gasteiger partial charge in [0.05, 0.1) is 10.2 Å². The first-order chi connectivity index (χ1) is 9.51. The lowest BCUT2D eigenvalue weighted by Gasteiger charge is -2.12. The van der Waals surface area contributed by atoms with E-state index in [2.05, 4.69) is 61.0 Å². The van der Waals surface area contributed by atoms with Gasteiger partial charge in [-0.1, -0.05) is 13.8 Å². The van der Waals surface area contributed by atoms with Crippen LogP contribution >= 0.6 is 31.9 Å². The van der Waals surface area contributed by atoms with Gasteiger partial charge in [0.15, 0.2) is 16.3 Å². The monoisotopic (exact) mass is 401 g/mol. The Morgan fingerprint density at radius 1 is 1.25 bits per heavy atom. The third kappa shape index (κ3) is 3.61. The Kier molecular flexibility index (Phi) is 5.21. The van der Waals surface area contributed by atoms with E-state index >= 15 is 0 Å². The summed E-state index contributed by atoms with van der Waals surface area (Å²) in [6.45, 7) is 7.19. The van der Waals surface area contributed by atoms with Crippen LogP contribution in [0.15, 0.2) is 25.7 Å². The molecule has 0 amide bonds. The lowest BCUT2D eigenvalue weighted by molar-refractivity contribution is 0.550. The van der Waals surface area contributed by atoms with E-state index in [4.69, 9.17) is 4.42 Å². The second-order valence-electron chi connectivity index (χ2n) is 4.89. The number of nitrogens with one attached hydrogen (secondary N) is 1. The highest BCUT2D eigenvalue weighted by Crippen LogP contribution is 2.30. The fourth-order valence-corrected chi connectivity index (χ4v) is 2.63. The zero-order valence-corrected chi connectivity index (χ0v) is 14.9. The van der Waals surface area contributed by atoms with E-state index in [0.29, 0.717) is 22.2 Å². The van der Waals surface area contributed by atoms with Crippen LogP contribution in [0.4, 0.5) is 5.82 Å². The van der Waals surface area contributed by atoms with Crippen molar-refractivity contribution in [2.24, 2.45) is 5.92 Å². The van der Waals surface area contributed by atoms with Gasteiger partial charge in [0.25, 0.3) is 0 Å². The van der Waals surface area contributed by atoms with Crippen LogP contribution in [-0.2, 0) is 6.42 Å². The molecular weight excluding hydrogens is 386 g/mol. The number of hydrogen-bond donors (Lipinski definition) is 1. The molecule has 0 saturated heterocycles. The van der Waals surface area contributed by atoms with Crippen LogP contribution in [0.2, 0.25) is 0 Å². The summed E-state index contributed by atoms with van der Waals surface area (Å²) in [7, 11) is 0. The summed E-state index contributed by atoms with van der Waals surface area (Å²) in [5, 5.41) is 3.26. The maximum Gasteiger partial charge on any atom is 0.197 e. The van der Waals surface area contributed by atoms with E-state index in [9.17, 15) is 0 Å². The molecule has 2 heterocycles. The van der Waals surface area contributed by atoms with Crippen molar-refractivity contribution < 1.29 is 4.42 Å². The SMILES string of the molecule is CCNc1nc(-c2ccc(Br)o2)nc(CC(C)C)c1Br. The summed E-state index contributed by atoms with van der Waals surface area (Å²) in [5.74, 6) is 2.59. The smallest absolute Gasteiger partial charge is 0.197 e. The standard InChI is InChI=1S/C14H17Br2N3O/c1-4-17-14-12(16)9(7-8(2)3)18-13(19-14)10-5-6-11(15)20-10/h5-6,8H,4,7H2,1-3H3,(H,17,18,19). The predicted octanol–water partition coefficient (Wildman–Crippen LogP) is 4.89. The molecule has 6 heteroatoms. The topological polar surface area (TPSA) is 51.0 Å². The molecule has 2 aromatic rings. The summed E-state index contributed by atoms with van der Waals surface area (Å²) >= 11 is 6.90. The fourth-order valence-electron chi connectivity index (χ4n) is 1.84. The molecule has 0 spiro atoms. The zero-order chi connectivity index (χ0) is 14.7. The molecule has 20 heavy (non-hydrogen) atoms. The highest BCUT2D eigenvalue weighted by molar-refractivity contribution is 9.10. The lowest BCUT2D eigenvalue weighted by atomic mass is 10.1. The minimum absolute atomic E-state index is 0.520. The van der Waals surface area contributed by atoms with E-state index in [1.54, 1.807) is 0 Å². The van der Waals surface area contributed by atoms with Crippen molar-refractivity contribution in [1.29, 1.82) is 0 Å². The number of anilines is 1. The summed E-state index contributed by atoms with van der Waals surface area (Å²) in [6, 6.07) is 3.71. The van der Waals surface area contributed by atoms with Crippen LogP contribution in [-0.4, -0.2) is 16.5 Å². The molecule has 4 nitrogen and oxygen atoms in total. The molecule has 0 bridgehead atoms. The number of hydrogen-bond acceptors (Lipinski definition) is 4. The molecule has 2 rings (SSSR count). The van der Waals surface area contributed by atoms with Crippen molar-refractivity contribution in [3.8, 4) is 11.6 Å². The molecule has 0 saturated carbocycles. The molecule has 0 aliphatic heterocycles. The van der Waals surface area contributed by atoms with E-state index in [0.717, 1.165) is 29.0 Å². The van der Waals surface area contributed by atoms with Gasteiger partial charge in [-0.15, -0.1) is 0 Å². The summed E-state index contributed by atoms with van der Waals surface area (Å²) in [4.78, 5) is 9.16. The molecule has 0 fully saturated rings. The normalized spacial score (nSPS) is 11.1. The maximum atomic E-state index is 5.55. The minimum Gasteiger partial charge on any atom is -0.446 e. The molecule has 0 aliphatic carbocycles. The first kappa shape index (κ1) is 15.5. The van der Waals surface area contributed by atoms with E-state index in [1.807, 2.05) is 19.1 Å². The molecule has 0 aliphatic rings.